The van der Waals surface area contributed by atoms with Gasteiger partial charge in [-0.1, -0.05) is 30.3 Å². The summed E-state index contributed by atoms with van der Waals surface area (Å²) in [6, 6.07) is 14.5. The fraction of sp³-hybridized carbons (Fsp3) is 0.458. The van der Waals surface area contributed by atoms with Crippen molar-refractivity contribution in [3.05, 3.63) is 59.2 Å². The molecule has 32 heavy (non-hydrogen) atoms. The van der Waals surface area contributed by atoms with Crippen molar-refractivity contribution in [1.82, 2.24) is 15.5 Å². The van der Waals surface area contributed by atoms with Gasteiger partial charge in [0.2, 0.25) is 0 Å². The second-order valence-corrected chi connectivity index (χ2v) is 7.40. The quantitative estimate of drug-likeness (QED) is 0.282. The van der Waals surface area contributed by atoms with Gasteiger partial charge < -0.3 is 24.8 Å². The number of nitrogens with one attached hydrogen (secondary N) is 2. The molecule has 1 aliphatic rings. The Morgan fingerprint density at radius 3 is 2.41 bits per heavy atom. The van der Waals surface area contributed by atoms with E-state index < -0.39 is 0 Å². The van der Waals surface area contributed by atoms with Crippen molar-refractivity contribution in [3.8, 4) is 11.5 Å². The maximum absolute atomic E-state index is 5.47. The van der Waals surface area contributed by atoms with Crippen LogP contribution in [0.25, 0.3) is 0 Å². The summed E-state index contributed by atoms with van der Waals surface area (Å²) in [6.07, 6.45) is 0. The van der Waals surface area contributed by atoms with E-state index in [4.69, 9.17) is 19.2 Å². The summed E-state index contributed by atoms with van der Waals surface area (Å²) in [5.41, 5.74) is 3.68. The molecule has 0 aliphatic carbocycles. The smallest absolute Gasteiger partial charge is 0.191 e. The number of aliphatic imine (C=N–C) groups is 1. The highest BCUT2D eigenvalue weighted by atomic mass is 127. The zero-order chi connectivity index (χ0) is 21.9. The highest BCUT2D eigenvalue weighted by molar-refractivity contribution is 14.0. The van der Waals surface area contributed by atoms with Gasteiger partial charge in [-0.3, -0.25) is 4.90 Å². The van der Waals surface area contributed by atoms with E-state index in [0.717, 1.165) is 63.2 Å². The van der Waals surface area contributed by atoms with E-state index in [2.05, 4.69) is 46.7 Å². The first kappa shape index (κ1) is 26.2. The molecule has 1 fully saturated rings. The van der Waals surface area contributed by atoms with Gasteiger partial charge >= 0.3 is 0 Å². The Morgan fingerprint density at radius 1 is 1.00 bits per heavy atom. The minimum Gasteiger partial charge on any atom is -0.493 e. The van der Waals surface area contributed by atoms with Gasteiger partial charge in [-0.15, -0.1) is 24.0 Å². The average molecular weight is 554 g/mol. The maximum atomic E-state index is 5.47. The van der Waals surface area contributed by atoms with Gasteiger partial charge in [-0.05, 0) is 35.7 Å². The molecule has 176 valence electrons. The molecule has 0 radical (unpaired) electrons. The summed E-state index contributed by atoms with van der Waals surface area (Å²) >= 11 is 0. The Kier molecular flexibility index (Phi) is 11.6. The predicted molar refractivity (Wildman–Crippen MR) is 139 cm³/mol. The molecule has 0 spiro atoms. The largest absolute Gasteiger partial charge is 0.493 e. The van der Waals surface area contributed by atoms with Crippen molar-refractivity contribution in [1.29, 1.82) is 0 Å². The average Bonchev–Trinajstić information content (AvgIpc) is 2.82. The van der Waals surface area contributed by atoms with E-state index in [9.17, 15) is 0 Å². The number of nitrogens with zero attached hydrogens (tertiary/aromatic N) is 2. The molecule has 0 amide bonds. The number of hydrogen-bond acceptors (Lipinski definition) is 5. The van der Waals surface area contributed by atoms with Gasteiger partial charge in [0.1, 0.15) is 0 Å². The lowest BCUT2D eigenvalue weighted by Crippen LogP contribution is -2.38. The topological polar surface area (TPSA) is 67.4 Å². The minimum absolute atomic E-state index is 0. The molecule has 7 nitrogen and oxygen atoms in total. The number of ether oxygens (including phenoxy) is 3. The van der Waals surface area contributed by atoms with Crippen molar-refractivity contribution in [2.45, 2.75) is 26.6 Å². The molecular formula is C24H35IN4O3. The lowest BCUT2D eigenvalue weighted by molar-refractivity contribution is 0.0341. The van der Waals surface area contributed by atoms with Crippen LogP contribution in [0.3, 0.4) is 0 Å². The third-order valence-corrected chi connectivity index (χ3v) is 5.27. The van der Waals surface area contributed by atoms with Crippen molar-refractivity contribution < 1.29 is 14.2 Å². The van der Waals surface area contributed by atoms with Crippen LogP contribution in [0.15, 0.2) is 47.5 Å². The zero-order valence-electron chi connectivity index (χ0n) is 19.2. The lowest BCUT2D eigenvalue weighted by atomic mass is 10.1. The fourth-order valence-corrected chi connectivity index (χ4v) is 3.55. The number of morpholine rings is 1. The Labute approximate surface area is 208 Å². The molecule has 2 aromatic rings. The molecule has 1 heterocycles. The molecule has 1 saturated heterocycles. The van der Waals surface area contributed by atoms with E-state index in [0.29, 0.717) is 12.3 Å². The first-order valence-corrected chi connectivity index (χ1v) is 10.8. The minimum atomic E-state index is 0. The SMILES string of the molecule is CCNC(=NCc1ccc(OC)c(OC)c1)NCc1ccccc1CN1CCOCC1.I. The van der Waals surface area contributed by atoms with Crippen LogP contribution in [0.4, 0.5) is 0 Å². The normalized spacial score (nSPS) is 14.4. The molecule has 0 bridgehead atoms. The number of halogens is 1. The van der Waals surface area contributed by atoms with E-state index in [-0.39, 0.29) is 24.0 Å². The monoisotopic (exact) mass is 554 g/mol. The van der Waals surface area contributed by atoms with Crippen LogP contribution < -0.4 is 20.1 Å². The van der Waals surface area contributed by atoms with E-state index in [1.807, 2.05) is 18.2 Å². The molecule has 2 N–H and O–H groups in total. The Hall–Kier alpha value is -2.04. The molecule has 0 saturated carbocycles. The maximum Gasteiger partial charge on any atom is 0.191 e. The number of methoxy groups -OCH3 is 2. The zero-order valence-corrected chi connectivity index (χ0v) is 21.6. The summed E-state index contributed by atoms with van der Waals surface area (Å²) < 4.78 is 16.2. The van der Waals surface area contributed by atoms with Crippen molar-refractivity contribution in [3.63, 3.8) is 0 Å². The number of benzene rings is 2. The lowest BCUT2D eigenvalue weighted by Gasteiger charge is -2.27. The fourth-order valence-electron chi connectivity index (χ4n) is 3.55. The van der Waals surface area contributed by atoms with Gasteiger partial charge in [-0.2, -0.15) is 0 Å². The number of rotatable bonds is 9. The van der Waals surface area contributed by atoms with Gasteiger partial charge in [0, 0.05) is 32.7 Å². The van der Waals surface area contributed by atoms with Crippen LogP contribution in [0.5, 0.6) is 11.5 Å². The van der Waals surface area contributed by atoms with Crippen LogP contribution in [0.2, 0.25) is 0 Å². The molecule has 3 rings (SSSR count). The molecule has 0 unspecified atom stereocenters. The van der Waals surface area contributed by atoms with Crippen molar-refractivity contribution in [2.75, 3.05) is 47.1 Å². The third-order valence-electron chi connectivity index (χ3n) is 5.27. The van der Waals surface area contributed by atoms with Gasteiger partial charge in [0.25, 0.3) is 0 Å². The van der Waals surface area contributed by atoms with Crippen LogP contribution in [0.1, 0.15) is 23.6 Å². The molecule has 0 atom stereocenters. The predicted octanol–water partition coefficient (Wildman–Crippen LogP) is 3.41. The summed E-state index contributed by atoms with van der Waals surface area (Å²) in [5, 5.41) is 6.81. The standard InChI is InChI=1S/C24H34N4O3.HI/c1-4-25-24(26-16-19-9-10-22(29-2)23(15-19)30-3)27-17-20-7-5-6-8-21(20)18-28-11-13-31-14-12-28;/h5-10,15H,4,11-14,16-18H2,1-3H3,(H2,25,26,27);1H. The molecule has 0 aromatic heterocycles. The van der Waals surface area contributed by atoms with E-state index in [1.54, 1.807) is 14.2 Å². The summed E-state index contributed by atoms with van der Waals surface area (Å²) in [6.45, 7) is 8.67. The van der Waals surface area contributed by atoms with Gasteiger partial charge in [0.05, 0.1) is 34.0 Å². The van der Waals surface area contributed by atoms with Crippen molar-refractivity contribution >= 4 is 29.9 Å². The first-order chi connectivity index (χ1) is 15.2. The molecule has 2 aromatic carbocycles. The molecule has 8 heteroatoms. The second-order valence-electron chi connectivity index (χ2n) is 7.40. The van der Waals surface area contributed by atoms with E-state index in [1.165, 1.54) is 11.1 Å². The van der Waals surface area contributed by atoms with Crippen LogP contribution in [-0.4, -0.2) is 57.9 Å². The highest BCUT2D eigenvalue weighted by Gasteiger charge is 2.13. The molecule has 1 aliphatic heterocycles. The Morgan fingerprint density at radius 2 is 1.72 bits per heavy atom. The summed E-state index contributed by atoms with van der Waals surface area (Å²) in [7, 11) is 3.28. The van der Waals surface area contributed by atoms with Crippen LogP contribution >= 0.6 is 24.0 Å². The number of hydrogen-bond donors (Lipinski definition) is 2. The third kappa shape index (κ3) is 7.83. The van der Waals surface area contributed by atoms with Crippen LogP contribution in [0, 0.1) is 0 Å². The number of guanidine groups is 1. The second kappa shape index (κ2) is 14.2. The van der Waals surface area contributed by atoms with Gasteiger partial charge in [-0.25, -0.2) is 4.99 Å². The summed E-state index contributed by atoms with van der Waals surface area (Å²) in [4.78, 5) is 7.19. The van der Waals surface area contributed by atoms with Crippen molar-refractivity contribution in [2.24, 2.45) is 4.99 Å². The summed E-state index contributed by atoms with van der Waals surface area (Å²) in [5.74, 6) is 2.22. The highest BCUT2D eigenvalue weighted by Crippen LogP contribution is 2.27. The Balaban J connectivity index is 0.00000363. The molecular weight excluding hydrogens is 519 g/mol. The van der Waals surface area contributed by atoms with Crippen LogP contribution in [-0.2, 0) is 24.4 Å². The first-order valence-electron chi connectivity index (χ1n) is 10.8. The van der Waals surface area contributed by atoms with E-state index >= 15 is 0 Å². The van der Waals surface area contributed by atoms with Gasteiger partial charge in [0.15, 0.2) is 17.5 Å². The Bertz CT molecular complexity index is 857.